The second-order valence-electron chi connectivity index (χ2n) is 8.00. The highest BCUT2D eigenvalue weighted by atomic mass is 32.2. The van der Waals surface area contributed by atoms with Crippen molar-refractivity contribution >= 4 is 23.4 Å². The minimum Gasteiger partial charge on any atom is -0.324 e. The Hall–Kier alpha value is -3.96. The average molecular weight is 469 g/mol. The molecule has 8 heteroatoms. The van der Waals surface area contributed by atoms with Gasteiger partial charge in [0.25, 0.3) is 0 Å². The summed E-state index contributed by atoms with van der Waals surface area (Å²) in [5.74, 6) is 0.717. The molecule has 2 heterocycles. The van der Waals surface area contributed by atoms with E-state index >= 15 is 0 Å². The Balaban J connectivity index is 1.71. The molecule has 7 nitrogen and oxygen atoms in total. The van der Waals surface area contributed by atoms with Gasteiger partial charge in [0, 0.05) is 18.0 Å². The van der Waals surface area contributed by atoms with Crippen LogP contribution in [0.25, 0.3) is 17.1 Å². The number of nitrogens with one attached hydrogen (secondary N) is 1. The predicted molar refractivity (Wildman–Crippen MR) is 134 cm³/mol. The van der Waals surface area contributed by atoms with Crippen molar-refractivity contribution in [3.05, 3.63) is 84.2 Å². The van der Waals surface area contributed by atoms with Gasteiger partial charge in [-0.2, -0.15) is 5.26 Å². The van der Waals surface area contributed by atoms with Gasteiger partial charge in [0.2, 0.25) is 5.91 Å². The maximum atomic E-state index is 13.0. The van der Waals surface area contributed by atoms with Crippen LogP contribution in [0.4, 0.5) is 5.69 Å². The molecule has 4 aromatic rings. The predicted octanol–water partition coefficient (Wildman–Crippen LogP) is 5.44. The summed E-state index contributed by atoms with van der Waals surface area (Å²) in [5.41, 5.74) is 3.85. The molecule has 0 fully saturated rings. The van der Waals surface area contributed by atoms with Crippen LogP contribution in [0.2, 0.25) is 0 Å². The maximum Gasteiger partial charge on any atom is 0.237 e. The summed E-state index contributed by atoms with van der Waals surface area (Å²) >= 11 is 1.32. The Morgan fingerprint density at radius 3 is 2.53 bits per heavy atom. The van der Waals surface area contributed by atoms with Crippen LogP contribution >= 0.6 is 11.8 Å². The summed E-state index contributed by atoms with van der Waals surface area (Å²) in [4.78, 5) is 17.2. The molecule has 170 valence electrons. The molecule has 1 atom stereocenters. The van der Waals surface area contributed by atoms with Gasteiger partial charge in [0.05, 0.1) is 22.2 Å². The van der Waals surface area contributed by atoms with E-state index in [0.717, 1.165) is 16.8 Å². The number of pyridine rings is 1. The Morgan fingerprint density at radius 1 is 1.03 bits per heavy atom. The lowest BCUT2D eigenvalue weighted by Gasteiger charge is -2.18. The molecule has 1 N–H and O–H groups in total. The number of anilines is 1. The van der Waals surface area contributed by atoms with Crippen molar-refractivity contribution in [2.45, 2.75) is 37.1 Å². The van der Waals surface area contributed by atoms with Crippen molar-refractivity contribution in [1.82, 2.24) is 19.7 Å². The first kappa shape index (κ1) is 23.2. The minimum atomic E-state index is -0.484. The van der Waals surface area contributed by atoms with Crippen LogP contribution in [0, 0.1) is 11.3 Å². The third-order valence-corrected chi connectivity index (χ3v) is 6.35. The molecule has 34 heavy (non-hydrogen) atoms. The molecule has 0 bridgehead atoms. The van der Waals surface area contributed by atoms with Crippen molar-refractivity contribution in [3.63, 3.8) is 0 Å². The van der Waals surface area contributed by atoms with Crippen LogP contribution in [-0.4, -0.2) is 30.9 Å². The topological polar surface area (TPSA) is 96.5 Å². The van der Waals surface area contributed by atoms with Crippen molar-refractivity contribution < 1.29 is 4.79 Å². The van der Waals surface area contributed by atoms with Crippen LogP contribution in [0.15, 0.2) is 78.2 Å². The monoisotopic (exact) mass is 468 g/mol. The number of hydrogen-bond acceptors (Lipinski definition) is 6. The van der Waals surface area contributed by atoms with Gasteiger partial charge >= 0.3 is 0 Å². The lowest BCUT2D eigenvalue weighted by Crippen LogP contribution is -2.23. The highest BCUT2D eigenvalue weighted by molar-refractivity contribution is 8.00. The SMILES string of the molecule is CC(Sc1nnc(-c2cccnc2)n1-c1ccccc1C(C)C)C(=O)Nc1ccccc1C#N. The first-order valence-corrected chi connectivity index (χ1v) is 11.8. The quantitative estimate of drug-likeness (QED) is 0.363. The molecule has 0 aliphatic rings. The number of carbonyl (C=O) groups is 1. The van der Waals surface area contributed by atoms with E-state index in [1.54, 1.807) is 36.7 Å². The second-order valence-corrected chi connectivity index (χ2v) is 9.31. The normalized spacial score (nSPS) is 11.7. The van der Waals surface area contributed by atoms with Crippen molar-refractivity contribution in [1.29, 1.82) is 5.26 Å². The van der Waals surface area contributed by atoms with Gasteiger partial charge < -0.3 is 5.32 Å². The summed E-state index contributed by atoms with van der Waals surface area (Å²) < 4.78 is 1.99. The summed E-state index contributed by atoms with van der Waals surface area (Å²) in [6.07, 6.45) is 3.47. The van der Waals surface area contributed by atoms with Crippen LogP contribution in [0.5, 0.6) is 0 Å². The maximum absolute atomic E-state index is 13.0. The zero-order valence-electron chi connectivity index (χ0n) is 19.1. The summed E-state index contributed by atoms with van der Waals surface area (Å²) in [6.45, 7) is 6.09. The first-order chi connectivity index (χ1) is 16.5. The van der Waals surface area contributed by atoms with E-state index in [4.69, 9.17) is 0 Å². The lowest BCUT2D eigenvalue weighted by atomic mass is 10.0. The number of nitriles is 1. The molecule has 2 aromatic carbocycles. The van der Waals surface area contributed by atoms with E-state index in [-0.39, 0.29) is 11.8 Å². The Morgan fingerprint density at radius 2 is 1.79 bits per heavy atom. The first-order valence-electron chi connectivity index (χ1n) is 10.9. The Labute approximate surface area is 202 Å². The van der Waals surface area contributed by atoms with E-state index in [1.807, 2.05) is 41.8 Å². The van der Waals surface area contributed by atoms with Gasteiger partial charge in [-0.15, -0.1) is 10.2 Å². The van der Waals surface area contributed by atoms with Crippen LogP contribution < -0.4 is 5.32 Å². The minimum absolute atomic E-state index is 0.220. The fourth-order valence-corrected chi connectivity index (χ4v) is 4.42. The van der Waals surface area contributed by atoms with Gasteiger partial charge in [-0.1, -0.05) is 55.9 Å². The van der Waals surface area contributed by atoms with E-state index in [2.05, 4.69) is 46.5 Å². The van der Waals surface area contributed by atoms with E-state index < -0.39 is 5.25 Å². The number of carbonyl (C=O) groups excluding carboxylic acids is 1. The molecule has 0 saturated heterocycles. The average Bonchev–Trinajstić information content (AvgIpc) is 3.28. The molecule has 1 amide bonds. The number of aromatic nitrogens is 4. The number of amides is 1. The zero-order chi connectivity index (χ0) is 24.1. The van der Waals surface area contributed by atoms with Crippen LogP contribution in [-0.2, 0) is 4.79 Å². The molecule has 0 radical (unpaired) electrons. The molecule has 0 saturated carbocycles. The number of rotatable bonds is 7. The molecule has 0 aliphatic heterocycles. The van der Waals surface area contributed by atoms with Gasteiger partial charge in [-0.3, -0.25) is 14.3 Å². The lowest BCUT2D eigenvalue weighted by molar-refractivity contribution is -0.115. The molecule has 2 aromatic heterocycles. The van der Waals surface area contributed by atoms with E-state index in [0.29, 0.717) is 22.2 Å². The third-order valence-electron chi connectivity index (χ3n) is 5.31. The Bertz CT molecular complexity index is 1340. The van der Waals surface area contributed by atoms with Crippen LogP contribution in [0.3, 0.4) is 0 Å². The summed E-state index contributed by atoms with van der Waals surface area (Å²) in [7, 11) is 0. The van der Waals surface area contributed by atoms with Crippen molar-refractivity contribution in [2.75, 3.05) is 5.32 Å². The number of nitrogens with zero attached hydrogens (tertiary/aromatic N) is 5. The summed E-state index contributed by atoms with van der Waals surface area (Å²) in [6, 6.07) is 21.0. The smallest absolute Gasteiger partial charge is 0.237 e. The van der Waals surface area contributed by atoms with Gasteiger partial charge in [0.1, 0.15) is 6.07 Å². The highest BCUT2D eigenvalue weighted by Crippen LogP contribution is 2.33. The second kappa shape index (κ2) is 10.3. The number of hydrogen-bond donors (Lipinski definition) is 1. The van der Waals surface area contributed by atoms with E-state index in [1.165, 1.54) is 11.8 Å². The molecule has 4 rings (SSSR count). The van der Waals surface area contributed by atoms with Crippen LogP contribution in [0.1, 0.15) is 37.8 Å². The molecule has 1 unspecified atom stereocenters. The van der Waals surface area contributed by atoms with E-state index in [9.17, 15) is 10.1 Å². The standard InChI is InChI=1S/C26H24N6OS/c1-17(2)21-11-5-7-13-23(21)32-24(20-10-8-14-28-16-20)30-31-26(32)34-18(3)25(33)29-22-12-6-4-9-19(22)15-27/h4-14,16-18H,1-3H3,(H,29,33). The Kier molecular flexibility index (Phi) is 7.04. The summed E-state index contributed by atoms with van der Waals surface area (Å²) in [5, 5.41) is 21.2. The number of para-hydroxylation sites is 2. The molecular formula is C26H24N6OS. The number of benzene rings is 2. The van der Waals surface area contributed by atoms with Gasteiger partial charge in [0.15, 0.2) is 11.0 Å². The largest absolute Gasteiger partial charge is 0.324 e. The molecule has 0 spiro atoms. The van der Waals surface area contributed by atoms with Crippen molar-refractivity contribution in [3.8, 4) is 23.1 Å². The third kappa shape index (κ3) is 4.85. The molecule has 0 aliphatic carbocycles. The van der Waals surface area contributed by atoms with Crippen molar-refractivity contribution in [2.24, 2.45) is 0 Å². The molecular weight excluding hydrogens is 444 g/mol. The number of thioether (sulfide) groups is 1. The fourth-order valence-electron chi connectivity index (χ4n) is 3.56. The van der Waals surface area contributed by atoms with Gasteiger partial charge in [-0.05, 0) is 48.7 Å². The van der Waals surface area contributed by atoms with Gasteiger partial charge in [-0.25, -0.2) is 0 Å². The zero-order valence-corrected chi connectivity index (χ0v) is 20.0. The highest BCUT2D eigenvalue weighted by Gasteiger charge is 2.24. The fraction of sp³-hybridized carbons (Fsp3) is 0.192.